The summed E-state index contributed by atoms with van der Waals surface area (Å²) in [6, 6.07) is 16.8. The lowest BCUT2D eigenvalue weighted by Gasteiger charge is -2.26. The van der Waals surface area contributed by atoms with Gasteiger partial charge < -0.3 is 9.47 Å². The van der Waals surface area contributed by atoms with E-state index >= 15 is 0 Å². The molecule has 0 saturated carbocycles. The SMILES string of the molecule is CCc1cccc(OCC2OCCc3ccccc32)c1. The number of aryl methyl sites for hydroxylation is 1. The summed E-state index contributed by atoms with van der Waals surface area (Å²) in [5, 5.41) is 0. The van der Waals surface area contributed by atoms with Gasteiger partial charge in [0.2, 0.25) is 0 Å². The number of rotatable bonds is 4. The van der Waals surface area contributed by atoms with Gasteiger partial charge in [-0.1, -0.05) is 43.3 Å². The number of hydrogen-bond acceptors (Lipinski definition) is 2. The maximum absolute atomic E-state index is 5.92. The summed E-state index contributed by atoms with van der Waals surface area (Å²) in [7, 11) is 0. The fourth-order valence-electron chi connectivity index (χ4n) is 2.64. The van der Waals surface area contributed by atoms with Crippen LogP contribution in [0, 0.1) is 0 Å². The monoisotopic (exact) mass is 268 g/mol. The van der Waals surface area contributed by atoms with Crippen LogP contribution >= 0.6 is 0 Å². The molecule has 1 heterocycles. The number of ether oxygens (including phenoxy) is 2. The van der Waals surface area contributed by atoms with Crippen molar-refractivity contribution in [3.63, 3.8) is 0 Å². The molecule has 20 heavy (non-hydrogen) atoms. The molecule has 0 bridgehead atoms. The molecule has 2 nitrogen and oxygen atoms in total. The lowest BCUT2D eigenvalue weighted by Crippen LogP contribution is -2.21. The van der Waals surface area contributed by atoms with E-state index in [0.717, 1.165) is 25.2 Å². The van der Waals surface area contributed by atoms with Gasteiger partial charge in [-0.2, -0.15) is 0 Å². The molecule has 2 aromatic rings. The molecule has 0 radical (unpaired) electrons. The van der Waals surface area contributed by atoms with Crippen molar-refractivity contribution in [2.24, 2.45) is 0 Å². The van der Waals surface area contributed by atoms with Gasteiger partial charge >= 0.3 is 0 Å². The Kier molecular flexibility index (Phi) is 4.03. The highest BCUT2D eigenvalue weighted by Crippen LogP contribution is 2.27. The van der Waals surface area contributed by atoms with Crippen molar-refractivity contribution in [1.29, 1.82) is 0 Å². The van der Waals surface area contributed by atoms with E-state index < -0.39 is 0 Å². The number of benzene rings is 2. The smallest absolute Gasteiger partial charge is 0.119 e. The summed E-state index contributed by atoms with van der Waals surface area (Å²) in [5.74, 6) is 0.927. The predicted octanol–water partition coefficient (Wildman–Crippen LogP) is 3.94. The highest BCUT2D eigenvalue weighted by Gasteiger charge is 2.20. The Labute approximate surface area is 120 Å². The van der Waals surface area contributed by atoms with Crippen molar-refractivity contribution >= 4 is 0 Å². The van der Waals surface area contributed by atoms with Gasteiger partial charge in [0.1, 0.15) is 18.5 Å². The zero-order valence-corrected chi connectivity index (χ0v) is 11.8. The zero-order valence-electron chi connectivity index (χ0n) is 11.8. The van der Waals surface area contributed by atoms with Crippen LogP contribution in [-0.4, -0.2) is 13.2 Å². The predicted molar refractivity (Wildman–Crippen MR) is 80.2 cm³/mol. The lowest BCUT2D eigenvalue weighted by molar-refractivity contribution is 0.0102. The molecule has 0 spiro atoms. The first-order valence-corrected chi connectivity index (χ1v) is 7.28. The number of hydrogen-bond donors (Lipinski definition) is 0. The second-order valence-corrected chi connectivity index (χ2v) is 5.12. The second-order valence-electron chi connectivity index (χ2n) is 5.12. The molecule has 0 N–H and O–H groups in total. The molecule has 1 unspecified atom stereocenters. The molecular weight excluding hydrogens is 248 g/mol. The van der Waals surface area contributed by atoms with Gasteiger partial charge in [0.25, 0.3) is 0 Å². The fraction of sp³-hybridized carbons (Fsp3) is 0.333. The topological polar surface area (TPSA) is 18.5 Å². The Morgan fingerprint density at radius 1 is 1.15 bits per heavy atom. The average Bonchev–Trinajstić information content (AvgIpc) is 2.53. The summed E-state index contributed by atoms with van der Waals surface area (Å²) < 4.78 is 11.8. The Hall–Kier alpha value is -1.80. The summed E-state index contributed by atoms with van der Waals surface area (Å²) in [4.78, 5) is 0. The summed E-state index contributed by atoms with van der Waals surface area (Å²) >= 11 is 0. The maximum atomic E-state index is 5.92. The van der Waals surface area contributed by atoms with Crippen LogP contribution in [0.25, 0.3) is 0 Å². The van der Waals surface area contributed by atoms with Crippen LogP contribution in [0.4, 0.5) is 0 Å². The molecule has 0 fully saturated rings. The van der Waals surface area contributed by atoms with Crippen molar-refractivity contribution in [2.75, 3.05) is 13.2 Å². The molecule has 2 heteroatoms. The van der Waals surface area contributed by atoms with Crippen LogP contribution in [0.3, 0.4) is 0 Å². The van der Waals surface area contributed by atoms with E-state index in [-0.39, 0.29) is 6.10 Å². The average molecular weight is 268 g/mol. The Bertz CT molecular complexity index is 577. The van der Waals surface area contributed by atoms with Crippen molar-refractivity contribution in [3.8, 4) is 5.75 Å². The zero-order chi connectivity index (χ0) is 13.8. The van der Waals surface area contributed by atoms with Crippen LogP contribution in [0.5, 0.6) is 5.75 Å². The van der Waals surface area contributed by atoms with Crippen molar-refractivity contribution < 1.29 is 9.47 Å². The molecule has 1 aliphatic rings. The first-order valence-electron chi connectivity index (χ1n) is 7.28. The third-order valence-corrected chi connectivity index (χ3v) is 3.80. The minimum Gasteiger partial charge on any atom is -0.491 e. The van der Waals surface area contributed by atoms with Crippen LogP contribution in [0.1, 0.15) is 29.7 Å². The van der Waals surface area contributed by atoms with Gasteiger partial charge in [-0.15, -0.1) is 0 Å². The molecule has 3 rings (SSSR count). The first kappa shape index (κ1) is 13.2. The quantitative estimate of drug-likeness (QED) is 0.836. The van der Waals surface area contributed by atoms with Crippen molar-refractivity contribution in [2.45, 2.75) is 25.9 Å². The maximum Gasteiger partial charge on any atom is 0.119 e. The largest absolute Gasteiger partial charge is 0.491 e. The molecule has 0 saturated heterocycles. The van der Waals surface area contributed by atoms with Crippen molar-refractivity contribution in [3.05, 3.63) is 65.2 Å². The Balaban J connectivity index is 1.70. The van der Waals surface area contributed by atoms with Gasteiger partial charge in [0.05, 0.1) is 6.61 Å². The second kappa shape index (κ2) is 6.10. The molecule has 0 aliphatic carbocycles. The molecule has 0 amide bonds. The van der Waals surface area contributed by atoms with Crippen molar-refractivity contribution in [1.82, 2.24) is 0 Å². The number of fused-ring (bicyclic) bond motifs is 1. The Morgan fingerprint density at radius 2 is 2.05 bits per heavy atom. The fourth-order valence-corrected chi connectivity index (χ4v) is 2.64. The third-order valence-electron chi connectivity index (χ3n) is 3.80. The normalized spacial score (nSPS) is 17.6. The molecule has 0 aromatic heterocycles. The van der Waals surface area contributed by atoms with Gasteiger partial charge in [0, 0.05) is 0 Å². The summed E-state index contributed by atoms with van der Waals surface area (Å²) in [5.41, 5.74) is 3.95. The molecule has 1 aliphatic heterocycles. The van der Waals surface area contributed by atoms with Crippen LogP contribution in [0.15, 0.2) is 48.5 Å². The molecule has 104 valence electrons. The van der Waals surface area contributed by atoms with Crippen LogP contribution < -0.4 is 4.74 Å². The third kappa shape index (κ3) is 2.86. The van der Waals surface area contributed by atoms with Gasteiger partial charge in [-0.25, -0.2) is 0 Å². The first-order chi connectivity index (χ1) is 9.86. The summed E-state index contributed by atoms with van der Waals surface area (Å²) in [6.45, 7) is 3.50. The van der Waals surface area contributed by atoms with Crippen LogP contribution in [0.2, 0.25) is 0 Å². The van der Waals surface area contributed by atoms with Crippen LogP contribution in [-0.2, 0) is 17.6 Å². The summed E-state index contributed by atoms with van der Waals surface area (Å²) in [6.07, 6.45) is 2.07. The molecule has 1 atom stereocenters. The minimum absolute atomic E-state index is 0.0465. The standard InChI is InChI=1S/C18H20O2/c1-2-14-6-5-8-16(12-14)20-13-18-17-9-4-3-7-15(17)10-11-19-18/h3-9,12,18H,2,10-11,13H2,1H3. The van der Waals surface area contributed by atoms with Gasteiger partial charge in [-0.3, -0.25) is 0 Å². The van der Waals surface area contributed by atoms with E-state index in [9.17, 15) is 0 Å². The van der Waals surface area contributed by atoms with E-state index in [1.807, 2.05) is 12.1 Å². The van der Waals surface area contributed by atoms with E-state index in [0.29, 0.717) is 6.61 Å². The molecular formula is C18H20O2. The Morgan fingerprint density at radius 3 is 2.95 bits per heavy atom. The van der Waals surface area contributed by atoms with E-state index in [2.05, 4.69) is 43.3 Å². The minimum atomic E-state index is 0.0465. The highest BCUT2D eigenvalue weighted by molar-refractivity contribution is 5.32. The van der Waals surface area contributed by atoms with E-state index in [4.69, 9.17) is 9.47 Å². The highest BCUT2D eigenvalue weighted by atomic mass is 16.5. The van der Waals surface area contributed by atoms with Gasteiger partial charge in [0.15, 0.2) is 0 Å². The molecule has 2 aromatic carbocycles. The van der Waals surface area contributed by atoms with Gasteiger partial charge in [-0.05, 0) is 41.7 Å². The van der Waals surface area contributed by atoms with E-state index in [1.165, 1.54) is 16.7 Å². The lowest BCUT2D eigenvalue weighted by atomic mass is 9.98. The van der Waals surface area contributed by atoms with E-state index in [1.54, 1.807) is 0 Å².